The van der Waals surface area contributed by atoms with Gasteiger partial charge in [0.15, 0.2) is 5.78 Å². The molecule has 0 spiro atoms. The second-order valence-corrected chi connectivity index (χ2v) is 4.34. The first-order chi connectivity index (χ1) is 7.84. The summed E-state index contributed by atoms with van der Waals surface area (Å²) in [6.45, 7) is 1.42. The first kappa shape index (κ1) is 12.0. The lowest BCUT2D eigenvalue weighted by Crippen LogP contribution is -2.38. The molecule has 0 aromatic heterocycles. The summed E-state index contributed by atoms with van der Waals surface area (Å²) in [5.41, 5.74) is -0.873. The van der Waals surface area contributed by atoms with Crippen molar-refractivity contribution in [3.8, 4) is 0 Å². The summed E-state index contributed by atoms with van der Waals surface area (Å²) in [6, 6.07) is 6.05. The van der Waals surface area contributed by atoms with E-state index in [2.05, 4.69) is 5.32 Å². The summed E-state index contributed by atoms with van der Waals surface area (Å²) in [7, 11) is 0. The fourth-order valence-corrected chi connectivity index (χ4v) is 1.67. The van der Waals surface area contributed by atoms with Crippen molar-refractivity contribution in [3.05, 3.63) is 29.8 Å². The average molecular weight is 243 g/mol. The SMILES string of the molecule is CC(=O)c1ccc(NC2(C(F)(F)F)CC2)cc1. The van der Waals surface area contributed by atoms with Gasteiger partial charge in [-0.05, 0) is 44.0 Å². The van der Waals surface area contributed by atoms with Crippen LogP contribution in [0.4, 0.5) is 18.9 Å². The quantitative estimate of drug-likeness (QED) is 0.824. The molecule has 1 fully saturated rings. The Morgan fingerprint density at radius 3 is 2.12 bits per heavy atom. The zero-order valence-corrected chi connectivity index (χ0v) is 9.27. The first-order valence-corrected chi connectivity index (χ1v) is 5.30. The highest BCUT2D eigenvalue weighted by Crippen LogP contribution is 2.51. The minimum Gasteiger partial charge on any atom is -0.372 e. The number of halogens is 3. The van der Waals surface area contributed by atoms with E-state index < -0.39 is 11.7 Å². The molecule has 0 amide bonds. The smallest absolute Gasteiger partial charge is 0.372 e. The molecule has 2 nitrogen and oxygen atoms in total. The number of carbonyl (C=O) groups excluding carboxylic acids is 1. The minimum absolute atomic E-state index is 0.102. The number of alkyl halides is 3. The maximum absolute atomic E-state index is 12.7. The molecule has 1 aromatic rings. The second-order valence-electron chi connectivity index (χ2n) is 4.34. The van der Waals surface area contributed by atoms with Gasteiger partial charge in [-0.2, -0.15) is 13.2 Å². The van der Waals surface area contributed by atoms with Gasteiger partial charge in [-0.1, -0.05) is 0 Å². The van der Waals surface area contributed by atoms with E-state index in [4.69, 9.17) is 0 Å². The maximum Gasteiger partial charge on any atom is 0.411 e. The van der Waals surface area contributed by atoms with Crippen molar-refractivity contribution in [1.29, 1.82) is 0 Å². The van der Waals surface area contributed by atoms with Gasteiger partial charge in [0.05, 0.1) is 0 Å². The lowest BCUT2D eigenvalue weighted by Gasteiger charge is -2.21. The third-order valence-electron chi connectivity index (χ3n) is 2.97. The van der Waals surface area contributed by atoms with E-state index >= 15 is 0 Å². The Morgan fingerprint density at radius 1 is 1.24 bits per heavy atom. The van der Waals surface area contributed by atoms with Gasteiger partial charge in [0, 0.05) is 11.3 Å². The lowest BCUT2D eigenvalue weighted by molar-refractivity contribution is -0.151. The van der Waals surface area contributed by atoms with Crippen LogP contribution in [0.1, 0.15) is 30.1 Å². The van der Waals surface area contributed by atoms with E-state index in [0.717, 1.165) is 0 Å². The normalized spacial score (nSPS) is 17.6. The molecule has 0 saturated heterocycles. The number of Topliss-reactive ketones (excluding diaryl/α,β-unsaturated/α-hetero) is 1. The highest BCUT2D eigenvalue weighted by atomic mass is 19.4. The van der Waals surface area contributed by atoms with Crippen molar-refractivity contribution in [1.82, 2.24) is 0 Å². The van der Waals surface area contributed by atoms with Crippen LogP contribution in [0.15, 0.2) is 24.3 Å². The first-order valence-electron chi connectivity index (χ1n) is 5.30. The predicted octanol–water partition coefficient (Wildman–Crippen LogP) is 3.40. The van der Waals surface area contributed by atoms with Crippen LogP contribution in [0, 0.1) is 0 Å². The van der Waals surface area contributed by atoms with Crippen molar-refractivity contribution in [3.63, 3.8) is 0 Å². The standard InChI is InChI=1S/C12H12F3NO/c1-8(17)9-2-4-10(5-3-9)16-11(6-7-11)12(13,14)15/h2-5,16H,6-7H2,1H3. The van der Waals surface area contributed by atoms with Crippen LogP contribution in [0.3, 0.4) is 0 Å². The number of anilines is 1. The molecule has 5 heteroatoms. The topological polar surface area (TPSA) is 29.1 Å². The second kappa shape index (κ2) is 3.75. The molecule has 92 valence electrons. The van der Waals surface area contributed by atoms with E-state index in [-0.39, 0.29) is 18.6 Å². The fourth-order valence-electron chi connectivity index (χ4n) is 1.67. The van der Waals surface area contributed by atoms with Crippen LogP contribution in [0.5, 0.6) is 0 Å². The Kier molecular flexibility index (Phi) is 2.64. The Morgan fingerprint density at radius 2 is 1.76 bits per heavy atom. The maximum atomic E-state index is 12.7. The summed E-state index contributed by atoms with van der Waals surface area (Å²) in [5.74, 6) is -0.103. The largest absolute Gasteiger partial charge is 0.411 e. The zero-order valence-electron chi connectivity index (χ0n) is 9.27. The monoisotopic (exact) mass is 243 g/mol. The lowest BCUT2D eigenvalue weighted by atomic mass is 10.1. The van der Waals surface area contributed by atoms with Crippen molar-refractivity contribution in [2.45, 2.75) is 31.5 Å². The van der Waals surface area contributed by atoms with Crippen molar-refractivity contribution >= 4 is 11.5 Å². The van der Waals surface area contributed by atoms with Crippen LogP contribution < -0.4 is 5.32 Å². The third-order valence-corrected chi connectivity index (χ3v) is 2.97. The Labute approximate surface area is 96.8 Å². The molecule has 1 N–H and O–H groups in total. The Balaban J connectivity index is 2.13. The molecular formula is C12H12F3NO. The van der Waals surface area contributed by atoms with Crippen molar-refractivity contribution < 1.29 is 18.0 Å². The number of ketones is 1. The van der Waals surface area contributed by atoms with Gasteiger partial charge in [-0.15, -0.1) is 0 Å². The van der Waals surface area contributed by atoms with Crippen molar-refractivity contribution in [2.24, 2.45) is 0 Å². The number of rotatable bonds is 3. The molecule has 1 aliphatic rings. The highest BCUT2D eigenvalue weighted by Gasteiger charge is 2.63. The molecule has 0 radical (unpaired) electrons. The number of hydrogen-bond donors (Lipinski definition) is 1. The summed E-state index contributed by atoms with van der Waals surface area (Å²) in [4.78, 5) is 11.0. The van der Waals surface area contributed by atoms with Gasteiger partial charge >= 0.3 is 6.18 Å². The molecule has 0 unspecified atom stereocenters. The van der Waals surface area contributed by atoms with Gasteiger partial charge in [-0.25, -0.2) is 0 Å². The summed E-state index contributed by atoms with van der Waals surface area (Å²) in [5, 5.41) is 2.50. The van der Waals surface area contributed by atoms with Gasteiger partial charge in [0.1, 0.15) is 5.54 Å². The van der Waals surface area contributed by atoms with E-state index in [0.29, 0.717) is 11.3 Å². The zero-order chi connectivity index (χ0) is 12.7. The molecule has 1 aliphatic carbocycles. The third kappa shape index (κ3) is 2.28. The number of carbonyl (C=O) groups is 1. The molecular weight excluding hydrogens is 231 g/mol. The van der Waals surface area contributed by atoms with Crippen LogP contribution in [-0.4, -0.2) is 17.5 Å². The number of hydrogen-bond acceptors (Lipinski definition) is 2. The molecule has 0 heterocycles. The van der Waals surface area contributed by atoms with E-state index in [1.807, 2.05) is 0 Å². The van der Waals surface area contributed by atoms with E-state index in [1.54, 1.807) is 0 Å². The van der Waals surface area contributed by atoms with E-state index in [1.165, 1.54) is 31.2 Å². The van der Waals surface area contributed by atoms with Gasteiger partial charge in [-0.3, -0.25) is 4.79 Å². The minimum atomic E-state index is -4.23. The van der Waals surface area contributed by atoms with Gasteiger partial charge in [0.25, 0.3) is 0 Å². The van der Waals surface area contributed by atoms with Crippen LogP contribution in [0.25, 0.3) is 0 Å². The number of nitrogens with one attached hydrogen (secondary N) is 1. The molecule has 1 aromatic carbocycles. The molecule has 0 bridgehead atoms. The predicted molar refractivity (Wildman–Crippen MR) is 58.1 cm³/mol. The summed E-state index contributed by atoms with van der Waals surface area (Å²) in [6.07, 6.45) is -4.03. The molecule has 1 saturated carbocycles. The molecule has 17 heavy (non-hydrogen) atoms. The van der Waals surface area contributed by atoms with Crippen LogP contribution in [-0.2, 0) is 0 Å². The average Bonchev–Trinajstić information content (AvgIpc) is 2.98. The van der Waals surface area contributed by atoms with Crippen LogP contribution in [0.2, 0.25) is 0 Å². The Hall–Kier alpha value is -1.52. The Bertz CT molecular complexity index is 432. The van der Waals surface area contributed by atoms with Gasteiger partial charge in [0.2, 0.25) is 0 Å². The van der Waals surface area contributed by atoms with Crippen LogP contribution >= 0.6 is 0 Å². The fraction of sp³-hybridized carbons (Fsp3) is 0.417. The number of benzene rings is 1. The molecule has 2 rings (SSSR count). The van der Waals surface area contributed by atoms with E-state index in [9.17, 15) is 18.0 Å². The molecule has 0 atom stereocenters. The summed E-state index contributed by atoms with van der Waals surface area (Å²) >= 11 is 0. The highest BCUT2D eigenvalue weighted by molar-refractivity contribution is 5.94. The summed E-state index contributed by atoms with van der Waals surface area (Å²) < 4.78 is 38.0. The van der Waals surface area contributed by atoms with Crippen molar-refractivity contribution in [2.75, 3.05) is 5.32 Å². The molecule has 0 aliphatic heterocycles. The van der Waals surface area contributed by atoms with Gasteiger partial charge < -0.3 is 5.32 Å².